The zero-order chi connectivity index (χ0) is 35.5. The molecule has 0 amide bonds. The van der Waals surface area contributed by atoms with E-state index in [-0.39, 0.29) is 5.41 Å². The van der Waals surface area contributed by atoms with Crippen LogP contribution in [0.5, 0.6) is 0 Å². The van der Waals surface area contributed by atoms with E-state index in [2.05, 4.69) is 190 Å². The third kappa shape index (κ3) is 5.34. The third-order valence-corrected chi connectivity index (χ3v) is 11.0. The first-order valence-electron chi connectivity index (χ1n) is 18.3. The fourth-order valence-corrected chi connectivity index (χ4v) is 8.25. The van der Waals surface area contributed by atoms with Gasteiger partial charge in [-0.2, -0.15) is 0 Å². The molecule has 0 fully saturated rings. The number of benzene rings is 8. The predicted octanol–water partition coefficient (Wildman–Crippen LogP) is 13.4. The van der Waals surface area contributed by atoms with Crippen molar-refractivity contribution in [1.82, 2.24) is 9.97 Å². The van der Waals surface area contributed by atoms with Gasteiger partial charge < -0.3 is 0 Å². The summed E-state index contributed by atoms with van der Waals surface area (Å²) in [4.78, 5) is 10.5. The van der Waals surface area contributed by atoms with Crippen LogP contribution in [0.1, 0.15) is 25.0 Å². The van der Waals surface area contributed by atoms with Crippen molar-refractivity contribution >= 4 is 21.5 Å². The molecule has 53 heavy (non-hydrogen) atoms. The van der Waals surface area contributed by atoms with Gasteiger partial charge in [0.25, 0.3) is 0 Å². The zero-order valence-electron chi connectivity index (χ0n) is 29.7. The second kappa shape index (κ2) is 12.3. The highest BCUT2D eigenvalue weighted by Crippen LogP contribution is 2.50. The van der Waals surface area contributed by atoms with E-state index in [9.17, 15) is 0 Å². The maximum absolute atomic E-state index is 5.32. The Bertz CT molecular complexity index is 2780. The number of rotatable bonds is 5. The Balaban J connectivity index is 1.14. The summed E-state index contributed by atoms with van der Waals surface area (Å²) in [7, 11) is 0. The van der Waals surface area contributed by atoms with Crippen LogP contribution in [0.15, 0.2) is 182 Å². The summed E-state index contributed by atoms with van der Waals surface area (Å²) in [6.45, 7) is 4.69. The molecule has 1 aliphatic rings. The van der Waals surface area contributed by atoms with Gasteiger partial charge in [-0.1, -0.05) is 153 Å². The molecule has 2 nitrogen and oxygen atoms in total. The summed E-state index contributed by atoms with van der Waals surface area (Å²) in [5, 5.41) is 4.99. The van der Waals surface area contributed by atoms with Crippen molar-refractivity contribution in [3.8, 4) is 67.3 Å². The quantitative estimate of drug-likeness (QED) is 0.170. The SMILES string of the molecule is CC1(C)c2ccccc2-c2cc3c(ccc4cc(-c5cc(-c6ccccc6)nc(-c6cc(-c7ccccc7)cc(-c7ccccc7)c6)n5)ccc43)cc21. The van der Waals surface area contributed by atoms with Gasteiger partial charge in [0.1, 0.15) is 0 Å². The van der Waals surface area contributed by atoms with Crippen molar-refractivity contribution in [3.63, 3.8) is 0 Å². The first-order valence-corrected chi connectivity index (χ1v) is 18.3. The molecule has 0 bridgehead atoms. The number of hydrogen-bond acceptors (Lipinski definition) is 2. The maximum Gasteiger partial charge on any atom is 0.160 e. The van der Waals surface area contributed by atoms with Gasteiger partial charge in [0.2, 0.25) is 0 Å². The topological polar surface area (TPSA) is 25.8 Å². The van der Waals surface area contributed by atoms with Gasteiger partial charge in [0.05, 0.1) is 11.4 Å². The largest absolute Gasteiger partial charge is 0.228 e. The normalized spacial score (nSPS) is 12.9. The van der Waals surface area contributed by atoms with Crippen LogP contribution in [-0.4, -0.2) is 9.97 Å². The molecule has 10 rings (SSSR count). The van der Waals surface area contributed by atoms with Crippen LogP contribution in [0.3, 0.4) is 0 Å². The van der Waals surface area contributed by atoms with E-state index >= 15 is 0 Å². The lowest BCUT2D eigenvalue weighted by Crippen LogP contribution is -2.14. The molecular weight excluding hydrogens is 641 g/mol. The van der Waals surface area contributed by atoms with E-state index in [0.717, 1.165) is 50.3 Å². The molecular formula is C51H36N2. The van der Waals surface area contributed by atoms with Crippen LogP contribution in [-0.2, 0) is 5.41 Å². The summed E-state index contributed by atoms with van der Waals surface area (Å²) in [6, 6.07) is 65.4. The Kier molecular flexibility index (Phi) is 7.19. The van der Waals surface area contributed by atoms with Crippen molar-refractivity contribution in [2.24, 2.45) is 0 Å². The van der Waals surface area contributed by atoms with E-state index in [0.29, 0.717) is 5.82 Å². The Morgan fingerprint density at radius 3 is 1.55 bits per heavy atom. The monoisotopic (exact) mass is 676 g/mol. The van der Waals surface area contributed by atoms with Gasteiger partial charge in [-0.15, -0.1) is 0 Å². The minimum absolute atomic E-state index is 0.0252. The van der Waals surface area contributed by atoms with Gasteiger partial charge in [0, 0.05) is 22.1 Å². The number of hydrogen-bond donors (Lipinski definition) is 0. The van der Waals surface area contributed by atoms with Gasteiger partial charge in [-0.25, -0.2) is 9.97 Å². The van der Waals surface area contributed by atoms with Crippen molar-refractivity contribution in [3.05, 3.63) is 193 Å². The Morgan fingerprint density at radius 2 is 0.887 bits per heavy atom. The van der Waals surface area contributed by atoms with Crippen LogP contribution >= 0.6 is 0 Å². The molecule has 1 aliphatic carbocycles. The molecule has 0 spiro atoms. The first-order chi connectivity index (χ1) is 26.0. The number of aromatic nitrogens is 2. The van der Waals surface area contributed by atoms with Crippen molar-refractivity contribution in [2.75, 3.05) is 0 Å². The fourth-order valence-electron chi connectivity index (χ4n) is 8.25. The van der Waals surface area contributed by atoms with Gasteiger partial charge in [0.15, 0.2) is 5.82 Å². The van der Waals surface area contributed by atoms with Crippen LogP contribution < -0.4 is 0 Å². The molecule has 1 heterocycles. The highest BCUT2D eigenvalue weighted by atomic mass is 14.9. The second-order valence-corrected chi connectivity index (χ2v) is 14.7. The lowest BCUT2D eigenvalue weighted by atomic mass is 9.81. The highest BCUT2D eigenvalue weighted by Gasteiger charge is 2.35. The second-order valence-electron chi connectivity index (χ2n) is 14.7. The summed E-state index contributed by atoms with van der Waals surface area (Å²) in [5.41, 5.74) is 14.9. The lowest BCUT2D eigenvalue weighted by molar-refractivity contribution is 0.661. The molecule has 0 unspecified atom stereocenters. The summed E-state index contributed by atoms with van der Waals surface area (Å²) >= 11 is 0. The van der Waals surface area contributed by atoms with Crippen molar-refractivity contribution in [2.45, 2.75) is 19.3 Å². The number of fused-ring (bicyclic) bond motifs is 6. The summed E-state index contributed by atoms with van der Waals surface area (Å²) < 4.78 is 0. The van der Waals surface area contributed by atoms with E-state index in [1.54, 1.807) is 0 Å². The van der Waals surface area contributed by atoms with Gasteiger partial charge >= 0.3 is 0 Å². The number of nitrogens with zero attached hydrogens (tertiary/aromatic N) is 2. The predicted molar refractivity (Wildman–Crippen MR) is 222 cm³/mol. The van der Waals surface area contributed by atoms with Crippen molar-refractivity contribution in [1.29, 1.82) is 0 Å². The Labute approximate surface area is 310 Å². The van der Waals surface area contributed by atoms with Crippen LogP contribution in [0, 0.1) is 0 Å². The Hall–Kier alpha value is -6.64. The molecule has 0 saturated carbocycles. The van der Waals surface area contributed by atoms with Crippen LogP contribution in [0.4, 0.5) is 0 Å². The lowest BCUT2D eigenvalue weighted by Gasteiger charge is -2.21. The molecule has 0 aliphatic heterocycles. The van der Waals surface area contributed by atoms with E-state index in [1.807, 2.05) is 6.07 Å². The molecule has 2 heteroatoms. The van der Waals surface area contributed by atoms with E-state index < -0.39 is 0 Å². The maximum atomic E-state index is 5.32. The summed E-state index contributed by atoms with van der Waals surface area (Å²) in [6.07, 6.45) is 0. The molecule has 0 N–H and O–H groups in total. The van der Waals surface area contributed by atoms with Crippen LogP contribution in [0.2, 0.25) is 0 Å². The molecule has 9 aromatic rings. The molecule has 0 saturated heterocycles. The van der Waals surface area contributed by atoms with E-state index in [1.165, 1.54) is 43.8 Å². The fraction of sp³-hybridized carbons (Fsp3) is 0.0588. The summed E-state index contributed by atoms with van der Waals surface area (Å²) in [5.74, 6) is 0.701. The minimum Gasteiger partial charge on any atom is -0.228 e. The van der Waals surface area contributed by atoms with Crippen LogP contribution in [0.25, 0.3) is 88.8 Å². The Morgan fingerprint density at radius 1 is 0.340 bits per heavy atom. The first kappa shape index (κ1) is 31.1. The average Bonchev–Trinajstić information content (AvgIpc) is 3.45. The standard InChI is InChI=1S/C51H36N2/c1-51(2)46-21-13-12-20-43(46)45-31-44-37(30-47(45)51)23-22-36-26-38(24-25-42(36)44)49-32-48(35-18-10-5-11-19-35)52-50(53-49)41-28-39(33-14-6-3-7-15-33)27-40(29-41)34-16-8-4-9-17-34/h3-32H,1-2H3. The van der Waals surface area contributed by atoms with Gasteiger partial charge in [-0.05, 0) is 109 Å². The smallest absolute Gasteiger partial charge is 0.160 e. The minimum atomic E-state index is -0.0252. The molecule has 0 atom stereocenters. The van der Waals surface area contributed by atoms with Crippen molar-refractivity contribution < 1.29 is 0 Å². The molecule has 8 aromatic carbocycles. The molecule has 250 valence electrons. The molecule has 0 radical (unpaired) electrons. The third-order valence-electron chi connectivity index (χ3n) is 11.0. The zero-order valence-corrected chi connectivity index (χ0v) is 29.7. The molecule has 1 aromatic heterocycles. The van der Waals surface area contributed by atoms with Gasteiger partial charge in [-0.3, -0.25) is 0 Å². The average molecular weight is 677 g/mol. The highest BCUT2D eigenvalue weighted by molar-refractivity contribution is 6.10. The van der Waals surface area contributed by atoms with E-state index in [4.69, 9.17) is 9.97 Å².